The second-order valence-corrected chi connectivity index (χ2v) is 5.28. The maximum atomic E-state index is 11.7. The molecule has 0 N–H and O–H groups in total. The van der Waals surface area contributed by atoms with E-state index in [1.807, 2.05) is 31.2 Å². The summed E-state index contributed by atoms with van der Waals surface area (Å²) >= 11 is 1.35. The molecule has 0 fully saturated rings. The number of carbonyl (C=O) groups is 1. The lowest BCUT2D eigenvalue weighted by atomic mass is 10.2. The lowest BCUT2D eigenvalue weighted by molar-refractivity contribution is 0.0515. The van der Waals surface area contributed by atoms with Crippen molar-refractivity contribution in [2.45, 2.75) is 13.8 Å². The molecular formula is C15H17N3O2S. The second-order valence-electron chi connectivity index (χ2n) is 4.44. The van der Waals surface area contributed by atoms with Gasteiger partial charge >= 0.3 is 5.97 Å². The molecule has 1 heterocycles. The molecule has 0 saturated heterocycles. The maximum absolute atomic E-state index is 11.7. The van der Waals surface area contributed by atoms with E-state index in [4.69, 9.17) is 4.74 Å². The van der Waals surface area contributed by atoms with E-state index in [1.165, 1.54) is 16.9 Å². The van der Waals surface area contributed by atoms with Crippen molar-refractivity contribution in [2.75, 3.05) is 6.61 Å². The zero-order valence-electron chi connectivity index (χ0n) is 12.2. The topological polar surface area (TPSA) is 55.9 Å². The number of hydrogen-bond acceptors (Lipinski definition) is 5. The molecule has 0 amide bonds. The molecule has 0 bridgehead atoms. The molecule has 0 unspecified atom stereocenters. The minimum Gasteiger partial charge on any atom is -0.461 e. The van der Waals surface area contributed by atoms with E-state index in [1.54, 1.807) is 30.1 Å². The smallest absolute Gasteiger partial charge is 0.355 e. The largest absolute Gasteiger partial charge is 0.461 e. The van der Waals surface area contributed by atoms with Crippen LogP contribution in [-0.4, -0.2) is 23.4 Å². The van der Waals surface area contributed by atoms with Gasteiger partial charge in [0.15, 0.2) is 0 Å². The summed E-state index contributed by atoms with van der Waals surface area (Å²) in [6, 6.07) is 7.99. The minimum absolute atomic E-state index is 0.347. The number of ether oxygens (including phenoxy) is 1. The third kappa shape index (κ3) is 3.88. The standard InChI is InChI=1S/C15H17N3O2S/c1-4-20-14(19)13-10-21-15(18(13)3)17-16-9-12-7-5-6-11(2)8-12/h5-10H,4H2,1-3H3/b16-9+,17-15-. The summed E-state index contributed by atoms with van der Waals surface area (Å²) in [6.07, 6.45) is 1.69. The predicted molar refractivity (Wildman–Crippen MR) is 83.6 cm³/mol. The molecule has 6 heteroatoms. The van der Waals surface area contributed by atoms with Crippen LogP contribution in [0.4, 0.5) is 0 Å². The molecule has 5 nitrogen and oxygen atoms in total. The first-order valence-electron chi connectivity index (χ1n) is 6.57. The molecule has 0 spiro atoms. The van der Waals surface area contributed by atoms with E-state index in [2.05, 4.69) is 10.2 Å². The van der Waals surface area contributed by atoms with Crippen molar-refractivity contribution in [1.29, 1.82) is 0 Å². The zero-order chi connectivity index (χ0) is 15.2. The highest BCUT2D eigenvalue weighted by atomic mass is 32.1. The third-order valence-corrected chi connectivity index (χ3v) is 3.71. The van der Waals surface area contributed by atoms with Crippen LogP contribution >= 0.6 is 11.3 Å². The van der Waals surface area contributed by atoms with Crippen LogP contribution < -0.4 is 4.80 Å². The molecule has 0 aliphatic heterocycles. The van der Waals surface area contributed by atoms with Gasteiger partial charge in [-0.25, -0.2) is 4.79 Å². The van der Waals surface area contributed by atoms with Crippen molar-refractivity contribution in [3.63, 3.8) is 0 Å². The van der Waals surface area contributed by atoms with Crippen LogP contribution in [0, 0.1) is 6.92 Å². The molecule has 0 aliphatic rings. The van der Waals surface area contributed by atoms with E-state index in [0.717, 1.165) is 5.56 Å². The van der Waals surface area contributed by atoms with Gasteiger partial charge in [0.1, 0.15) is 5.69 Å². The van der Waals surface area contributed by atoms with Crippen LogP contribution in [0.1, 0.15) is 28.5 Å². The van der Waals surface area contributed by atoms with E-state index in [-0.39, 0.29) is 5.97 Å². The second kappa shape index (κ2) is 6.99. The number of esters is 1. The SMILES string of the molecule is CCOC(=O)c1cs/c(=N\N=C\c2cccc(C)c2)n1C. The van der Waals surface area contributed by atoms with Crippen LogP contribution in [0.25, 0.3) is 0 Å². The Labute approximate surface area is 127 Å². The number of aryl methyl sites for hydroxylation is 1. The average Bonchev–Trinajstić information content (AvgIpc) is 2.81. The molecular weight excluding hydrogens is 286 g/mol. The Balaban J connectivity index is 2.21. The summed E-state index contributed by atoms with van der Waals surface area (Å²) in [5.74, 6) is -0.347. The van der Waals surface area contributed by atoms with Gasteiger partial charge in [-0.15, -0.1) is 16.4 Å². The Morgan fingerprint density at radius 1 is 1.48 bits per heavy atom. The van der Waals surface area contributed by atoms with Crippen LogP contribution in [-0.2, 0) is 11.8 Å². The summed E-state index contributed by atoms with van der Waals surface area (Å²) in [5, 5.41) is 9.93. The normalized spacial score (nSPS) is 12.0. The third-order valence-electron chi connectivity index (χ3n) is 2.80. The van der Waals surface area contributed by atoms with Crippen LogP contribution in [0.2, 0.25) is 0 Å². The summed E-state index contributed by atoms with van der Waals surface area (Å²) in [6.45, 7) is 4.16. The van der Waals surface area contributed by atoms with Crippen molar-refractivity contribution in [2.24, 2.45) is 17.3 Å². The quantitative estimate of drug-likeness (QED) is 0.495. The summed E-state index contributed by atoms with van der Waals surface area (Å²) in [7, 11) is 1.77. The number of benzene rings is 1. The summed E-state index contributed by atoms with van der Waals surface area (Å²) in [5.41, 5.74) is 2.64. The van der Waals surface area contributed by atoms with Gasteiger partial charge in [0.05, 0.1) is 12.8 Å². The Hall–Kier alpha value is -2.21. The van der Waals surface area contributed by atoms with Gasteiger partial charge in [-0.3, -0.25) is 0 Å². The van der Waals surface area contributed by atoms with E-state index < -0.39 is 0 Å². The molecule has 0 radical (unpaired) electrons. The fourth-order valence-electron chi connectivity index (χ4n) is 1.75. The van der Waals surface area contributed by atoms with Gasteiger partial charge in [-0.05, 0) is 19.4 Å². The van der Waals surface area contributed by atoms with Crippen molar-refractivity contribution < 1.29 is 9.53 Å². The van der Waals surface area contributed by atoms with E-state index in [9.17, 15) is 4.79 Å². The summed E-state index contributed by atoms with van der Waals surface area (Å²) < 4.78 is 6.65. The number of hydrogen-bond donors (Lipinski definition) is 0. The molecule has 2 aromatic rings. The highest BCUT2D eigenvalue weighted by molar-refractivity contribution is 7.07. The lowest BCUT2D eigenvalue weighted by Gasteiger charge is -2.01. The number of nitrogens with zero attached hydrogens (tertiary/aromatic N) is 3. The predicted octanol–water partition coefficient (Wildman–Crippen LogP) is 2.51. The molecule has 1 aromatic carbocycles. The van der Waals surface area contributed by atoms with Gasteiger partial charge in [0, 0.05) is 12.4 Å². The molecule has 2 rings (SSSR count). The number of rotatable bonds is 4. The first kappa shape index (κ1) is 15.2. The molecule has 21 heavy (non-hydrogen) atoms. The van der Waals surface area contributed by atoms with Gasteiger partial charge < -0.3 is 9.30 Å². The minimum atomic E-state index is -0.347. The Bertz CT molecular complexity index is 729. The molecule has 110 valence electrons. The van der Waals surface area contributed by atoms with Gasteiger partial charge in [-0.1, -0.05) is 29.8 Å². The lowest BCUT2D eigenvalue weighted by Crippen LogP contribution is -2.17. The highest BCUT2D eigenvalue weighted by Gasteiger charge is 2.11. The summed E-state index contributed by atoms with van der Waals surface area (Å²) in [4.78, 5) is 12.3. The maximum Gasteiger partial charge on any atom is 0.355 e. The Morgan fingerprint density at radius 3 is 3.00 bits per heavy atom. The monoisotopic (exact) mass is 303 g/mol. The van der Waals surface area contributed by atoms with Crippen molar-refractivity contribution >= 4 is 23.5 Å². The highest BCUT2D eigenvalue weighted by Crippen LogP contribution is 2.03. The molecule has 0 aliphatic carbocycles. The van der Waals surface area contributed by atoms with E-state index in [0.29, 0.717) is 17.1 Å². The fraction of sp³-hybridized carbons (Fsp3) is 0.267. The zero-order valence-corrected chi connectivity index (χ0v) is 13.1. The van der Waals surface area contributed by atoms with Gasteiger partial charge in [0.2, 0.25) is 4.80 Å². The van der Waals surface area contributed by atoms with Crippen molar-refractivity contribution in [1.82, 2.24) is 4.57 Å². The molecule has 0 saturated carbocycles. The van der Waals surface area contributed by atoms with Crippen LogP contribution in [0.5, 0.6) is 0 Å². The number of aromatic nitrogens is 1. The molecule has 1 aromatic heterocycles. The molecule has 0 atom stereocenters. The van der Waals surface area contributed by atoms with Gasteiger partial charge in [-0.2, -0.15) is 5.10 Å². The average molecular weight is 303 g/mol. The number of carbonyl (C=O) groups excluding carboxylic acids is 1. The first-order valence-corrected chi connectivity index (χ1v) is 7.45. The van der Waals surface area contributed by atoms with Gasteiger partial charge in [0.25, 0.3) is 0 Å². The first-order chi connectivity index (χ1) is 10.1. The fourth-order valence-corrected chi connectivity index (χ4v) is 2.57. The van der Waals surface area contributed by atoms with Crippen molar-refractivity contribution in [3.05, 3.63) is 51.3 Å². The Morgan fingerprint density at radius 2 is 2.29 bits per heavy atom. The van der Waals surface area contributed by atoms with Crippen molar-refractivity contribution in [3.8, 4) is 0 Å². The Kier molecular flexibility index (Phi) is 5.05. The van der Waals surface area contributed by atoms with Crippen LogP contribution in [0.15, 0.2) is 39.8 Å². The number of thiazole rings is 1. The van der Waals surface area contributed by atoms with Crippen LogP contribution in [0.3, 0.4) is 0 Å². The van der Waals surface area contributed by atoms with E-state index >= 15 is 0 Å².